The number of carbonyl (C=O) groups excluding carboxylic acids is 1. The number of anilines is 3. The van der Waals surface area contributed by atoms with Crippen molar-refractivity contribution in [3.63, 3.8) is 0 Å². The average Bonchev–Trinajstić information content (AvgIpc) is 2.87. The van der Waals surface area contributed by atoms with Gasteiger partial charge in [-0.05, 0) is 24.3 Å². The van der Waals surface area contributed by atoms with Gasteiger partial charge in [0.2, 0.25) is 11.6 Å². The third-order valence-electron chi connectivity index (χ3n) is 5.33. The number of piperazine rings is 1. The minimum absolute atomic E-state index is 0.0984. The van der Waals surface area contributed by atoms with Crippen molar-refractivity contribution >= 4 is 28.9 Å². The van der Waals surface area contributed by atoms with E-state index in [9.17, 15) is 14.9 Å². The van der Waals surface area contributed by atoms with Crippen LogP contribution in [0.3, 0.4) is 0 Å². The van der Waals surface area contributed by atoms with Crippen LogP contribution in [0.25, 0.3) is 0 Å². The Bertz CT molecular complexity index is 1130. The summed E-state index contributed by atoms with van der Waals surface area (Å²) in [7, 11) is 1.46. The zero-order valence-corrected chi connectivity index (χ0v) is 18.0. The van der Waals surface area contributed by atoms with Crippen molar-refractivity contribution in [3.8, 4) is 5.75 Å². The molecule has 0 aliphatic carbocycles. The van der Waals surface area contributed by atoms with Gasteiger partial charge in [-0.25, -0.2) is 9.97 Å². The molecule has 33 heavy (non-hydrogen) atoms. The lowest BCUT2D eigenvalue weighted by molar-refractivity contribution is -0.383. The molecule has 1 amide bonds. The van der Waals surface area contributed by atoms with Crippen molar-refractivity contribution in [1.82, 2.24) is 15.4 Å². The van der Waals surface area contributed by atoms with E-state index in [1.165, 1.54) is 13.4 Å². The van der Waals surface area contributed by atoms with E-state index in [2.05, 4.69) is 25.7 Å². The Labute approximate surface area is 190 Å². The Balaban J connectivity index is 1.49. The summed E-state index contributed by atoms with van der Waals surface area (Å²) >= 11 is 0. The summed E-state index contributed by atoms with van der Waals surface area (Å²) in [5.74, 6) is -0.0279. The third kappa shape index (κ3) is 4.76. The lowest BCUT2D eigenvalue weighted by Crippen LogP contribution is -2.47. The number of rotatable bonds is 7. The molecule has 0 bridgehead atoms. The minimum atomic E-state index is -0.545. The van der Waals surface area contributed by atoms with Crippen LogP contribution in [0.4, 0.5) is 23.0 Å². The zero-order valence-electron chi connectivity index (χ0n) is 18.0. The van der Waals surface area contributed by atoms with Crippen molar-refractivity contribution in [1.29, 1.82) is 0 Å². The SMILES string of the molecule is COc1ccccc1C(=O)NNc1ncnc(N2CCN(c3ccccc3)CC2)c1[N+](=O)[O-]. The molecule has 2 heterocycles. The number of ether oxygens (including phenoxy) is 1. The van der Waals surface area contributed by atoms with Gasteiger partial charge in [0.1, 0.15) is 12.1 Å². The summed E-state index contributed by atoms with van der Waals surface area (Å²) in [6, 6.07) is 16.7. The number of nitro groups is 1. The molecule has 1 saturated heterocycles. The highest BCUT2D eigenvalue weighted by atomic mass is 16.6. The molecular formula is C22H23N7O4. The number of methoxy groups -OCH3 is 1. The summed E-state index contributed by atoms with van der Waals surface area (Å²) in [6.45, 7) is 2.50. The summed E-state index contributed by atoms with van der Waals surface area (Å²) in [5.41, 5.74) is 6.11. The van der Waals surface area contributed by atoms with E-state index in [1.807, 2.05) is 35.2 Å². The molecule has 2 aromatic carbocycles. The fourth-order valence-electron chi connectivity index (χ4n) is 3.69. The van der Waals surface area contributed by atoms with Crippen LogP contribution in [0.15, 0.2) is 60.9 Å². The van der Waals surface area contributed by atoms with Crippen LogP contribution in [-0.2, 0) is 0 Å². The van der Waals surface area contributed by atoms with E-state index in [4.69, 9.17) is 4.74 Å². The van der Waals surface area contributed by atoms with Gasteiger partial charge in [-0.3, -0.25) is 25.8 Å². The first-order valence-corrected chi connectivity index (χ1v) is 10.3. The Hall–Kier alpha value is -4.41. The number of aromatic nitrogens is 2. The summed E-state index contributed by atoms with van der Waals surface area (Å²) < 4.78 is 5.19. The molecule has 0 radical (unpaired) electrons. The van der Waals surface area contributed by atoms with E-state index < -0.39 is 10.8 Å². The quantitative estimate of drug-likeness (QED) is 0.413. The molecule has 0 unspecified atom stereocenters. The van der Waals surface area contributed by atoms with Crippen LogP contribution in [-0.4, -0.2) is 54.1 Å². The highest BCUT2D eigenvalue weighted by molar-refractivity contribution is 5.97. The van der Waals surface area contributed by atoms with Gasteiger partial charge in [0.25, 0.3) is 5.91 Å². The Kier molecular flexibility index (Phi) is 6.48. The number of nitrogens with zero attached hydrogens (tertiary/aromatic N) is 5. The summed E-state index contributed by atoms with van der Waals surface area (Å²) in [6.07, 6.45) is 1.24. The number of hydrogen-bond acceptors (Lipinski definition) is 9. The van der Waals surface area contributed by atoms with Gasteiger partial charge in [0, 0.05) is 31.9 Å². The molecule has 11 heteroatoms. The second-order valence-electron chi connectivity index (χ2n) is 7.24. The molecule has 1 aromatic heterocycles. The molecule has 1 aliphatic heterocycles. The third-order valence-corrected chi connectivity index (χ3v) is 5.33. The second-order valence-corrected chi connectivity index (χ2v) is 7.24. The lowest BCUT2D eigenvalue weighted by atomic mass is 10.2. The van der Waals surface area contributed by atoms with Crippen LogP contribution in [0.2, 0.25) is 0 Å². The second kappa shape index (κ2) is 9.81. The van der Waals surface area contributed by atoms with E-state index in [1.54, 1.807) is 24.3 Å². The number of amides is 1. The highest BCUT2D eigenvalue weighted by Crippen LogP contribution is 2.32. The first-order valence-electron chi connectivity index (χ1n) is 10.3. The van der Waals surface area contributed by atoms with Crippen LogP contribution in [0.1, 0.15) is 10.4 Å². The van der Waals surface area contributed by atoms with Crippen molar-refractivity contribution in [3.05, 3.63) is 76.6 Å². The van der Waals surface area contributed by atoms with E-state index in [0.29, 0.717) is 31.9 Å². The molecule has 0 spiro atoms. The topological polar surface area (TPSA) is 126 Å². The van der Waals surface area contributed by atoms with Gasteiger partial charge in [0.15, 0.2) is 0 Å². The maximum absolute atomic E-state index is 12.6. The van der Waals surface area contributed by atoms with Gasteiger partial charge >= 0.3 is 5.69 Å². The van der Waals surface area contributed by atoms with Gasteiger partial charge in [0.05, 0.1) is 17.6 Å². The fraction of sp³-hybridized carbons (Fsp3) is 0.227. The summed E-state index contributed by atoms with van der Waals surface area (Å²) in [5, 5.41) is 11.9. The predicted octanol–water partition coefficient (Wildman–Crippen LogP) is 2.48. The molecule has 3 aromatic rings. The molecule has 170 valence electrons. The summed E-state index contributed by atoms with van der Waals surface area (Å²) in [4.78, 5) is 36.1. The van der Waals surface area contributed by atoms with Gasteiger partial charge in [-0.2, -0.15) is 0 Å². The number of benzene rings is 2. The Morgan fingerprint density at radius 3 is 2.36 bits per heavy atom. The van der Waals surface area contributed by atoms with E-state index in [-0.39, 0.29) is 22.9 Å². The van der Waals surface area contributed by atoms with Gasteiger partial charge in [-0.15, -0.1) is 0 Å². The smallest absolute Gasteiger partial charge is 0.355 e. The monoisotopic (exact) mass is 449 g/mol. The molecule has 0 saturated carbocycles. The van der Waals surface area contributed by atoms with E-state index in [0.717, 1.165) is 5.69 Å². The van der Waals surface area contributed by atoms with Crippen molar-refractivity contribution in [2.24, 2.45) is 0 Å². The maximum atomic E-state index is 12.6. The predicted molar refractivity (Wildman–Crippen MR) is 124 cm³/mol. The van der Waals surface area contributed by atoms with Crippen LogP contribution < -0.4 is 25.4 Å². The maximum Gasteiger partial charge on any atom is 0.355 e. The first-order chi connectivity index (χ1) is 16.1. The number of hydrazine groups is 1. The van der Waals surface area contributed by atoms with E-state index >= 15 is 0 Å². The number of nitrogens with one attached hydrogen (secondary N) is 2. The Morgan fingerprint density at radius 2 is 1.67 bits per heavy atom. The van der Waals surface area contributed by atoms with Gasteiger partial charge in [-0.1, -0.05) is 30.3 Å². The largest absolute Gasteiger partial charge is 0.496 e. The van der Waals surface area contributed by atoms with Crippen LogP contribution in [0.5, 0.6) is 5.75 Å². The highest BCUT2D eigenvalue weighted by Gasteiger charge is 2.29. The van der Waals surface area contributed by atoms with Crippen molar-refractivity contribution in [2.45, 2.75) is 0 Å². The standard InChI is InChI=1S/C22H23N7O4/c1-33-18-10-6-5-9-17(18)22(30)26-25-20-19(29(31)32)21(24-15-23-20)28-13-11-27(12-14-28)16-7-3-2-4-8-16/h2-10,15H,11-14H2,1H3,(H,26,30)(H,23,24,25). The normalized spacial score (nSPS) is 13.4. The molecule has 0 atom stereocenters. The number of carbonyl (C=O) groups is 1. The fourth-order valence-corrected chi connectivity index (χ4v) is 3.69. The first kappa shape index (κ1) is 21.8. The zero-order chi connectivity index (χ0) is 23.2. The molecular weight excluding hydrogens is 426 g/mol. The molecule has 11 nitrogen and oxygen atoms in total. The minimum Gasteiger partial charge on any atom is -0.496 e. The molecule has 4 rings (SSSR count). The van der Waals surface area contributed by atoms with Crippen molar-refractivity contribution in [2.75, 3.05) is 48.5 Å². The van der Waals surface area contributed by atoms with Crippen molar-refractivity contribution < 1.29 is 14.5 Å². The molecule has 1 aliphatic rings. The van der Waals surface area contributed by atoms with Crippen LogP contribution in [0, 0.1) is 10.1 Å². The number of hydrogen-bond donors (Lipinski definition) is 2. The molecule has 1 fully saturated rings. The number of para-hydroxylation sites is 2. The average molecular weight is 449 g/mol. The van der Waals surface area contributed by atoms with Gasteiger partial charge < -0.3 is 14.5 Å². The lowest BCUT2D eigenvalue weighted by Gasteiger charge is -2.36. The molecule has 2 N–H and O–H groups in total. The Morgan fingerprint density at radius 1 is 1.00 bits per heavy atom. The van der Waals surface area contributed by atoms with Crippen LogP contribution >= 0.6 is 0 Å².